The summed E-state index contributed by atoms with van der Waals surface area (Å²) in [6, 6.07) is 13.1. The van der Waals surface area contributed by atoms with Crippen molar-refractivity contribution >= 4 is 29.4 Å². The van der Waals surface area contributed by atoms with E-state index in [0.29, 0.717) is 12.2 Å². The van der Waals surface area contributed by atoms with Crippen LogP contribution < -0.4 is 21.9 Å². The Labute approximate surface area is 144 Å². The maximum absolute atomic E-state index is 11.1. The lowest BCUT2D eigenvalue weighted by molar-refractivity contribution is -0.114. The highest BCUT2D eigenvalue weighted by atomic mass is 32.2. The molecule has 1 amide bonds. The summed E-state index contributed by atoms with van der Waals surface area (Å²) in [4.78, 5) is 20.5. The van der Waals surface area contributed by atoms with Crippen molar-refractivity contribution in [1.29, 1.82) is 0 Å². The van der Waals surface area contributed by atoms with Gasteiger partial charge in [-0.3, -0.25) is 14.5 Å². The number of hydrogen-bond acceptors (Lipinski definition) is 6. The number of primary amides is 1. The van der Waals surface area contributed by atoms with E-state index >= 15 is 0 Å². The molecule has 7 N–H and O–H groups in total. The number of rotatable bonds is 7. The van der Waals surface area contributed by atoms with Gasteiger partial charge in [0.2, 0.25) is 0 Å². The number of nitrogens with zero attached hydrogens (tertiary/aromatic N) is 2. The van der Waals surface area contributed by atoms with Gasteiger partial charge in [0.15, 0.2) is 0 Å². The first kappa shape index (κ1) is 17.5. The number of nitrogens with one attached hydrogen (secondary N) is 1. The Bertz CT molecular complexity index is 743. The summed E-state index contributed by atoms with van der Waals surface area (Å²) in [5, 5.41) is 0. The maximum Gasteiger partial charge on any atom is 0.253 e. The topological polar surface area (TPSA) is 132 Å². The molecule has 2 aromatic rings. The lowest BCUT2D eigenvalue weighted by atomic mass is 10.2. The van der Waals surface area contributed by atoms with Crippen LogP contribution in [0.1, 0.15) is 5.69 Å². The third-order valence-corrected chi connectivity index (χ3v) is 3.76. The second-order valence-electron chi connectivity index (χ2n) is 4.68. The molecule has 0 saturated carbocycles. The standard InChI is InChI=1S/C16H18N6OS/c17-9-14(16(19)23)15(18)22-11-4-6-13(7-5-11)24-21-10-12-3-1-2-8-20-12/h1-9,21H,10,17H2,(H2,18,22)(H2,19,23)/b14-9+. The number of carbonyl (C=O) groups is 1. The van der Waals surface area contributed by atoms with E-state index in [1.54, 1.807) is 18.3 Å². The second-order valence-corrected chi connectivity index (χ2v) is 5.64. The van der Waals surface area contributed by atoms with Crippen molar-refractivity contribution in [3.63, 3.8) is 0 Å². The quantitative estimate of drug-likeness (QED) is 0.259. The van der Waals surface area contributed by atoms with E-state index < -0.39 is 5.91 Å². The van der Waals surface area contributed by atoms with Crippen molar-refractivity contribution in [2.75, 3.05) is 0 Å². The molecule has 2 rings (SSSR count). The van der Waals surface area contributed by atoms with Crippen molar-refractivity contribution in [1.82, 2.24) is 9.71 Å². The SMILES string of the molecule is N/C=C(/C(N)=O)C(N)=Nc1ccc(SNCc2ccccn2)cc1. The molecule has 0 radical (unpaired) electrons. The minimum atomic E-state index is -0.718. The summed E-state index contributed by atoms with van der Waals surface area (Å²) in [6.45, 7) is 0.654. The summed E-state index contributed by atoms with van der Waals surface area (Å²) in [6.07, 6.45) is 2.81. The molecule has 24 heavy (non-hydrogen) atoms. The number of amidine groups is 1. The van der Waals surface area contributed by atoms with Crippen LogP contribution in [0.25, 0.3) is 0 Å². The van der Waals surface area contributed by atoms with E-state index in [1.165, 1.54) is 11.9 Å². The third-order valence-electron chi connectivity index (χ3n) is 2.96. The maximum atomic E-state index is 11.1. The zero-order valence-corrected chi connectivity index (χ0v) is 13.7. The summed E-state index contributed by atoms with van der Waals surface area (Å²) in [5.41, 5.74) is 17.8. The van der Waals surface area contributed by atoms with Gasteiger partial charge in [0, 0.05) is 23.8 Å². The normalized spacial score (nSPS) is 12.2. The molecular weight excluding hydrogens is 324 g/mol. The van der Waals surface area contributed by atoms with Gasteiger partial charge < -0.3 is 17.2 Å². The van der Waals surface area contributed by atoms with Crippen molar-refractivity contribution in [2.24, 2.45) is 22.2 Å². The summed E-state index contributed by atoms with van der Waals surface area (Å²) >= 11 is 1.48. The van der Waals surface area contributed by atoms with Gasteiger partial charge in [-0.05, 0) is 48.3 Å². The molecule has 0 unspecified atom stereocenters. The van der Waals surface area contributed by atoms with E-state index in [0.717, 1.165) is 16.8 Å². The van der Waals surface area contributed by atoms with Gasteiger partial charge in [0.05, 0.1) is 17.0 Å². The van der Waals surface area contributed by atoms with Crippen LogP contribution in [0.3, 0.4) is 0 Å². The smallest absolute Gasteiger partial charge is 0.253 e. The first-order valence-electron chi connectivity index (χ1n) is 7.06. The number of hydrogen-bond donors (Lipinski definition) is 4. The van der Waals surface area contributed by atoms with E-state index in [4.69, 9.17) is 17.2 Å². The highest BCUT2D eigenvalue weighted by molar-refractivity contribution is 7.97. The van der Waals surface area contributed by atoms with Gasteiger partial charge in [-0.15, -0.1) is 0 Å². The van der Waals surface area contributed by atoms with Crippen LogP contribution in [0.4, 0.5) is 5.69 Å². The summed E-state index contributed by atoms with van der Waals surface area (Å²) < 4.78 is 3.23. The molecule has 0 aliphatic heterocycles. The number of pyridine rings is 1. The molecule has 0 saturated heterocycles. The fraction of sp³-hybridized carbons (Fsp3) is 0.0625. The molecule has 1 aromatic heterocycles. The lowest BCUT2D eigenvalue weighted by Gasteiger charge is -2.05. The van der Waals surface area contributed by atoms with Crippen LogP contribution in [0.5, 0.6) is 0 Å². The molecule has 0 aliphatic rings. The number of benzene rings is 1. The predicted molar refractivity (Wildman–Crippen MR) is 96.1 cm³/mol. The molecular formula is C16H18N6OS. The van der Waals surface area contributed by atoms with E-state index in [-0.39, 0.29) is 11.4 Å². The first-order chi connectivity index (χ1) is 11.6. The molecule has 8 heteroatoms. The van der Waals surface area contributed by atoms with Gasteiger partial charge in [-0.2, -0.15) is 0 Å². The predicted octanol–water partition coefficient (Wildman–Crippen LogP) is 1.20. The number of amides is 1. The van der Waals surface area contributed by atoms with E-state index in [9.17, 15) is 4.79 Å². The number of carbonyl (C=O) groups excluding carboxylic acids is 1. The van der Waals surface area contributed by atoms with E-state index in [2.05, 4.69) is 14.7 Å². The van der Waals surface area contributed by atoms with Crippen molar-refractivity contribution in [3.05, 3.63) is 66.1 Å². The Morgan fingerprint density at radius 3 is 2.54 bits per heavy atom. The molecule has 0 aliphatic carbocycles. The lowest BCUT2D eigenvalue weighted by Crippen LogP contribution is -2.27. The Hall–Kier alpha value is -2.84. The van der Waals surface area contributed by atoms with Gasteiger partial charge in [0.1, 0.15) is 5.84 Å². The zero-order chi connectivity index (χ0) is 17.4. The number of aliphatic imine (C=N–C) groups is 1. The molecule has 0 fully saturated rings. The van der Waals surface area contributed by atoms with Crippen LogP contribution in [-0.2, 0) is 11.3 Å². The highest BCUT2D eigenvalue weighted by Crippen LogP contribution is 2.20. The van der Waals surface area contributed by atoms with Gasteiger partial charge in [0.25, 0.3) is 5.91 Å². The van der Waals surface area contributed by atoms with Crippen molar-refractivity contribution < 1.29 is 4.79 Å². The third kappa shape index (κ3) is 5.11. The average molecular weight is 342 g/mol. The van der Waals surface area contributed by atoms with Crippen molar-refractivity contribution in [2.45, 2.75) is 11.4 Å². The molecule has 1 heterocycles. The minimum Gasteiger partial charge on any atom is -0.404 e. The van der Waals surface area contributed by atoms with Crippen LogP contribution in [-0.4, -0.2) is 16.7 Å². The highest BCUT2D eigenvalue weighted by Gasteiger charge is 2.09. The molecule has 0 spiro atoms. The van der Waals surface area contributed by atoms with E-state index in [1.807, 2.05) is 30.3 Å². The summed E-state index contributed by atoms with van der Waals surface area (Å²) in [7, 11) is 0. The molecule has 0 bridgehead atoms. The van der Waals surface area contributed by atoms with Crippen LogP contribution in [0.2, 0.25) is 0 Å². The largest absolute Gasteiger partial charge is 0.404 e. The van der Waals surface area contributed by atoms with Crippen molar-refractivity contribution in [3.8, 4) is 0 Å². The number of aromatic nitrogens is 1. The summed E-state index contributed by atoms with van der Waals surface area (Å²) in [5.74, 6) is -0.733. The van der Waals surface area contributed by atoms with Crippen LogP contribution in [0, 0.1) is 0 Å². The fourth-order valence-electron chi connectivity index (χ4n) is 1.78. The van der Waals surface area contributed by atoms with Gasteiger partial charge >= 0.3 is 0 Å². The molecule has 124 valence electrons. The second kappa shape index (κ2) is 8.70. The molecule has 0 atom stereocenters. The monoisotopic (exact) mass is 342 g/mol. The van der Waals surface area contributed by atoms with Gasteiger partial charge in [-0.25, -0.2) is 4.99 Å². The Morgan fingerprint density at radius 1 is 1.21 bits per heavy atom. The Morgan fingerprint density at radius 2 is 1.96 bits per heavy atom. The number of nitrogens with two attached hydrogens (primary N) is 3. The average Bonchev–Trinajstić information content (AvgIpc) is 2.58. The van der Waals surface area contributed by atoms with Crippen LogP contribution >= 0.6 is 11.9 Å². The Kier molecular flexibility index (Phi) is 6.35. The van der Waals surface area contributed by atoms with Crippen LogP contribution in [0.15, 0.2) is 70.3 Å². The molecule has 7 nitrogen and oxygen atoms in total. The fourth-order valence-corrected chi connectivity index (χ4v) is 2.44. The zero-order valence-electron chi connectivity index (χ0n) is 12.8. The molecule has 1 aromatic carbocycles. The Balaban J connectivity index is 1.94. The van der Waals surface area contributed by atoms with Gasteiger partial charge in [-0.1, -0.05) is 6.07 Å². The first-order valence-corrected chi connectivity index (χ1v) is 7.87. The minimum absolute atomic E-state index is 0.00882.